The largest absolute Gasteiger partial charge is 0.322 e. The number of rotatable bonds is 6. The Morgan fingerprint density at radius 1 is 0.611 bits per heavy atom. The molecule has 0 aliphatic carbocycles. The fraction of sp³-hybridized carbons (Fsp3) is 0.200. The summed E-state index contributed by atoms with van der Waals surface area (Å²) in [6.07, 6.45) is 0. The van der Waals surface area contributed by atoms with Crippen molar-refractivity contribution >= 4 is 10.0 Å². The van der Waals surface area contributed by atoms with Gasteiger partial charge < -0.3 is 5.73 Å². The minimum absolute atomic E-state index is 0. The van der Waals surface area contributed by atoms with E-state index in [1.165, 1.54) is 16.7 Å². The SMILES string of the molecule is Cc1cc(C)cc(C)c1.Cc1ccc(S(=O)(=O)N[C@@H](c2ccccc2)[C@@H](N)c2ccccc2)cc1.[Ru]. The molecular formula is C30H34N2O2RuS. The van der Waals surface area contributed by atoms with E-state index in [0.29, 0.717) is 0 Å². The molecule has 0 saturated heterocycles. The summed E-state index contributed by atoms with van der Waals surface area (Å²) in [7, 11) is -3.71. The zero-order chi connectivity index (χ0) is 25.4. The molecule has 36 heavy (non-hydrogen) atoms. The second-order valence-electron chi connectivity index (χ2n) is 8.92. The molecule has 4 aromatic rings. The van der Waals surface area contributed by atoms with E-state index in [9.17, 15) is 8.42 Å². The van der Waals surface area contributed by atoms with Gasteiger partial charge in [0.25, 0.3) is 0 Å². The number of benzene rings is 4. The zero-order valence-corrected chi connectivity index (χ0v) is 23.7. The molecule has 0 saturated carbocycles. The fourth-order valence-electron chi connectivity index (χ4n) is 4.03. The molecule has 0 aromatic heterocycles. The molecule has 0 bridgehead atoms. The van der Waals surface area contributed by atoms with Crippen LogP contribution >= 0.6 is 0 Å². The Balaban J connectivity index is 0.000000386. The molecule has 190 valence electrons. The van der Waals surface area contributed by atoms with Gasteiger partial charge in [0.05, 0.1) is 17.0 Å². The van der Waals surface area contributed by atoms with Crippen molar-refractivity contribution < 1.29 is 27.9 Å². The van der Waals surface area contributed by atoms with Gasteiger partial charge in [-0.15, -0.1) is 0 Å². The van der Waals surface area contributed by atoms with Crippen LogP contribution in [0.15, 0.2) is 108 Å². The molecule has 0 spiro atoms. The van der Waals surface area contributed by atoms with Gasteiger partial charge in [0.15, 0.2) is 0 Å². The van der Waals surface area contributed by atoms with Crippen molar-refractivity contribution in [2.75, 3.05) is 0 Å². The quantitative estimate of drug-likeness (QED) is 0.259. The minimum atomic E-state index is -3.71. The van der Waals surface area contributed by atoms with Gasteiger partial charge >= 0.3 is 0 Å². The van der Waals surface area contributed by atoms with E-state index in [-0.39, 0.29) is 24.4 Å². The van der Waals surface area contributed by atoms with Crippen LogP contribution in [0, 0.1) is 27.7 Å². The van der Waals surface area contributed by atoms with E-state index in [2.05, 4.69) is 43.7 Å². The maximum Gasteiger partial charge on any atom is 0.241 e. The molecule has 0 unspecified atom stereocenters. The Bertz CT molecular complexity index is 1280. The van der Waals surface area contributed by atoms with Crippen LogP contribution in [0.25, 0.3) is 0 Å². The van der Waals surface area contributed by atoms with E-state index >= 15 is 0 Å². The Morgan fingerprint density at radius 2 is 1.03 bits per heavy atom. The van der Waals surface area contributed by atoms with Gasteiger partial charge in [0.1, 0.15) is 0 Å². The molecule has 0 aliphatic rings. The number of aryl methyl sites for hydroxylation is 4. The zero-order valence-electron chi connectivity index (χ0n) is 21.1. The first kappa shape index (κ1) is 29.6. The molecule has 0 radical (unpaired) electrons. The molecule has 6 heteroatoms. The summed E-state index contributed by atoms with van der Waals surface area (Å²) in [5.41, 5.74) is 13.2. The van der Waals surface area contributed by atoms with Crippen molar-refractivity contribution in [3.63, 3.8) is 0 Å². The topological polar surface area (TPSA) is 72.2 Å². The molecule has 3 N–H and O–H groups in total. The summed E-state index contributed by atoms with van der Waals surface area (Å²) in [6.45, 7) is 8.29. The van der Waals surface area contributed by atoms with Crippen molar-refractivity contribution in [2.24, 2.45) is 5.73 Å². The second-order valence-corrected chi connectivity index (χ2v) is 10.6. The first-order valence-electron chi connectivity index (χ1n) is 11.6. The van der Waals surface area contributed by atoms with E-state index < -0.39 is 22.1 Å². The number of hydrogen-bond acceptors (Lipinski definition) is 3. The number of hydrogen-bond donors (Lipinski definition) is 2. The van der Waals surface area contributed by atoms with Crippen molar-refractivity contribution in [3.8, 4) is 0 Å². The monoisotopic (exact) mass is 588 g/mol. The van der Waals surface area contributed by atoms with Crippen LogP contribution in [-0.4, -0.2) is 8.42 Å². The third-order valence-electron chi connectivity index (χ3n) is 5.68. The average Bonchev–Trinajstić information content (AvgIpc) is 2.83. The van der Waals surface area contributed by atoms with Gasteiger partial charge in [-0.2, -0.15) is 0 Å². The standard InChI is InChI=1S/C21H22N2O2S.C9H12.Ru/c1-16-12-14-19(15-13-16)26(24,25)23-21(18-10-6-3-7-11-18)20(22)17-8-4-2-5-9-17;1-7-4-8(2)6-9(3)5-7;/h2-15,20-21,23H,22H2,1H3;4-6H,1-3H3;/t20-,21-;;/m0../s1. The maximum absolute atomic E-state index is 12.9. The van der Waals surface area contributed by atoms with Gasteiger partial charge in [-0.1, -0.05) is 113 Å². The number of nitrogens with one attached hydrogen (secondary N) is 1. The van der Waals surface area contributed by atoms with Gasteiger partial charge in [-0.05, 0) is 51.0 Å². The Kier molecular flexibility index (Phi) is 11.2. The molecular weight excluding hydrogens is 553 g/mol. The predicted octanol–water partition coefficient (Wildman–Crippen LogP) is 6.32. The molecule has 0 heterocycles. The van der Waals surface area contributed by atoms with Crippen LogP contribution in [0.2, 0.25) is 0 Å². The fourth-order valence-corrected chi connectivity index (χ4v) is 5.28. The van der Waals surface area contributed by atoms with Gasteiger partial charge in [0.2, 0.25) is 10.0 Å². The van der Waals surface area contributed by atoms with E-state index in [0.717, 1.165) is 16.7 Å². The summed E-state index contributed by atoms with van der Waals surface area (Å²) in [5, 5.41) is 0. The molecule has 0 amide bonds. The Hall–Kier alpha value is -2.63. The normalized spacial score (nSPS) is 12.5. The summed E-state index contributed by atoms with van der Waals surface area (Å²) in [5.74, 6) is 0. The molecule has 4 aromatic carbocycles. The number of sulfonamides is 1. The van der Waals surface area contributed by atoms with Crippen LogP contribution in [0.1, 0.15) is 45.5 Å². The summed E-state index contributed by atoms with van der Waals surface area (Å²) >= 11 is 0. The molecule has 0 fully saturated rings. The van der Waals surface area contributed by atoms with E-state index in [1.54, 1.807) is 24.3 Å². The maximum atomic E-state index is 12.9. The smallest absolute Gasteiger partial charge is 0.241 e. The summed E-state index contributed by atoms with van der Waals surface area (Å²) < 4.78 is 28.6. The second kappa shape index (κ2) is 13.6. The van der Waals surface area contributed by atoms with Crippen molar-refractivity contribution in [2.45, 2.75) is 44.7 Å². The first-order chi connectivity index (χ1) is 16.7. The molecule has 2 atom stereocenters. The van der Waals surface area contributed by atoms with Crippen LogP contribution < -0.4 is 10.5 Å². The van der Waals surface area contributed by atoms with Crippen molar-refractivity contribution in [1.82, 2.24) is 4.72 Å². The third kappa shape index (κ3) is 8.49. The third-order valence-corrected chi connectivity index (χ3v) is 7.14. The first-order valence-corrected chi connectivity index (χ1v) is 13.1. The summed E-state index contributed by atoms with van der Waals surface area (Å²) in [6, 6.07) is 31.1. The molecule has 4 rings (SSSR count). The summed E-state index contributed by atoms with van der Waals surface area (Å²) in [4.78, 5) is 0.226. The Morgan fingerprint density at radius 3 is 1.47 bits per heavy atom. The predicted molar refractivity (Wildman–Crippen MR) is 145 cm³/mol. The number of nitrogens with two attached hydrogens (primary N) is 1. The van der Waals surface area contributed by atoms with E-state index in [4.69, 9.17) is 5.73 Å². The molecule has 0 aliphatic heterocycles. The van der Waals surface area contributed by atoms with Crippen LogP contribution in [0.4, 0.5) is 0 Å². The van der Waals surface area contributed by atoms with Gasteiger partial charge in [-0.3, -0.25) is 0 Å². The van der Waals surface area contributed by atoms with Gasteiger partial charge in [-0.25, -0.2) is 13.1 Å². The van der Waals surface area contributed by atoms with Crippen molar-refractivity contribution in [1.29, 1.82) is 0 Å². The minimum Gasteiger partial charge on any atom is -0.322 e. The Labute approximate surface area is 228 Å². The average molecular weight is 588 g/mol. The van der Waals surface area contributed by atoms with Crippen LogP contribution in [-0.2, 0) is 29.5 Å². The van der Waals surface area contributed by atoms with Gasteiger partial charge in [0, 0.05) is 19.5 Å². The van der Waals surface area contributed by atoms with Crippen LogP contribution in [0.3, 0.4) is 0 Å². The van der Waals surface area contributed by atoms with E-state index in [1.807, 2.05) is 67.6 Å². The molecule has 4 nitrogen and oxygen atoms in total. The van der Waals surface area contributed by atoms with Crippen molar-refractivity contribution in [3.05, 3.63) is 137 Å². The van der Waals surface area contributed by atoms with Crippen LogP contribution in [0.5, 0.6) is 0 Å².